The van der Waals surface area contributed by atoms with Gasteiger partial charge in [0.25, 0.3) is 5.69 Å². The largest absolute Gasteiger partial charge is 0.498 e. The third kappa shape index (κ3) is 3.59. The van der Waals surface area contributed by atoms with Gasteiger partial charge in [-0.1, -0.05) is 12.1 Å². The molecule has 0 saturated carbocycles. The zero-order valence-electron chi connectivity index (χ0n) is 14.9. The molecule has 3 rings (SSSR count). The Bertz CT molecular complexity index is 754. The van der Waals surface area contributed by atoms with Crippen LogP contribution >= 0.6 is 0 Å². The second kappa shape index (κ2) is 6.27. The highest BCUT2D eigenvalue weighted by molar-refractivity contribution is 6.61. The van der Waals surface area contributed by atoms with Crippen LogP contribution in [0, 0.1) is 10.1 Å². The van der Waals surface area contributed by atoms with Crippen LogP contribution in [0.4, 0.5) is 5.69 Å². The molecular weight excluding hydrogens is 321 g/mol. The average Bonchev–Trinajstić information content (AvgIpc) is 3.08. The van der Waals surface area contributed by atoms with Crippen LogP contribution in [0.3, 0.4) is 0 Å². The first-order valence-corrected chi connectivity index (χ1v) is 8.29. The minimum Gasteiger partial charge on any atom is -0.399 e. The Labute approximate surface area is 147 Å². The smallest absolute Gasteiger partial charge is 0.399 e. The van der Waals surface area contributed by atoms with E-state index in [2.05, 4.69) is 5.10 Å². The molecule has 1 aliphatic rings. The number of nitro benzene ring substituents is 1. The molecule has 0 radical (unpaired) electrons. The number of aromatic nitrogens is 2. The highest BCUT2D eigenvalue weighted by Gasteiger charge is 2.52. The molecule has 1 aromatic carbocycles. The van der Waals surface area contributed by atoms with E-state index in [4.69, 9.17) is 9.31 Å². The summed E-state index contributed by atoms with van der Waals surface area (Å²) in [6.07, 6.45) is 4.42. The molecular formula is C17H22BN3O4. The Balaban J connectivity index is 1.62. The molecule has 2 heterocycles. The van der Waals surface area contributed by atoms with Gasteiger partial charge in [0.15, 0.2) is 0 Å². The van der Waals surface area contributed by atoms with E-state index in [0.717, 1.165) is 17.4 Å². The summed E-state index contributed by atoms with van der Waals surface area (Å²) in [6, 6.07) is 6.59. The quantitative estimate of drug-likeness (QED) is 0.473. The Kier molecular flexibility index (Phi) is 4.42. The Morgan fingerprint density at radius 2 is 1.76 bits per heavy atom. The zero-order chi connectivity index (χ0) is 18.2. The summed E-state index contributed by atoms with van der Waals surface area (Å²) in [4.78, 5) is 10.3. The van der Waals surface area contributed by atoms with E-state index in [0.29, 0.717) is 6.54 Å². The van der Waals surface area contributed by atoms with E-state index < -0.39 is 12.0 Å². The predicted molar refractivity (Wildman–Crippen MR) is 94.7 cm³/mol. The lowest BCUT2D eigenvalue weighted by atomic mass is 9.82. The lowest BCUT2D eigenvalue weighted by Gasteiger charge is -2.32. The first-order valence-electron chi connectivity index (χ1n) is 8.29. The van der Waals surface area contributed by atoms with Crippen LogP contribution < -0.4 is 5.46 Å². The molecule has 1 saturated heterocycles. The highest BCUT2D eigenvalue weighted by atomic mass is 16.7. The number of non-ortho nitro benzene ring substituents is 1. The molecule has 0 unspecified atom stereocenters. The second-order valence-corrected chi connectivity index (χ2v) is 7.30. The molecule has 0 atom stereocenters. The van der Waals surface area contributed by atoms with Crippen molar-refractivity contribution in [2.75, 3.05) is 0 Å². The molecule has 25 heavy (non-hydrogen) atoms. The topological polar surface area (TPSA) is 79.4 Å². The molecule has 7 nitrogen and oxygen atoms in total. The molecule has 0 aliphatic carbocycles. The predicted octanol–water partition coefficient (Wildman–Crippen LogP) is 2.33. The fraction of sp³-hybridized carbons (Fsp3) is 0.471. The van der Waals surface area contributed by atoms with Crippen LogP contribution in [0.25, 0.3) is 0 Å². The first-order chi connectivity index (χ1) is 11.7. The third-order valence-corrected chi connectivity index (χ3v) is 4.96. The van der Waals surface area contributed by atoms with Crippen LogP contribution in [-0.4, -0.2) is 33.0 Å². The van der Waals surface area contributed by atoms with Gasteiger partial charge in [-0.05, 0) is 39.7 Å². The second-order valence-electron chi connectivity index (χ2n) is 7.30. The summed E-state index contributed by atoms with van der Waals surface area (Å²) in [5.74, 6) is 0. The maximum Gasteiger partial charge on any atom is 0.498 e. The Morgan fingerprint density at radius 1 is 1.16 bits per heavy atom. The van der Waals surface area contributed by atoms with Gasteiger partial charge in [-0.25, -0.2) is 0 Å². The minimum atomic E-state index is -0.418. The van der Waals surface area contributed by atoms with E-state index >= 15 is 0 Å². The molecule has 132 valence electrons. The normalized spacial score (nSPS) is 18.5. The van der Waals surface area contributed by atoms with Gasteiger partial charge in [-0.2, -0.15) is 5.10 Å². The van der Waals surface area contributed by atoms with Gasteiger partial charge < -0.3 is 9.31 Å². The van der Waals surface area contributed by atoms with Gasteiger partial charge >= 0.3 is 7.12 Å². The van der Waals surface area contributed by atoms with Crippen molar-refractivity contribution in [3.8, 4) is 0 Å². The number of aryl methyl sites for hydroxylation is 2. The summed E-state index contributed by atoms with van der Waals surface area (Å²) < 4.78 is 13.9. The number of nitrogens with zero attached hydrogens (tertiary/aromatic N) is 3. The summed E-state index contributed by atoms with van der Waals surface area (Å²) in [5.41, 5.74) is 1.27. The fourth-order valence-electron chi connectivity index (χ4n) is 2.63. The Morgan fingerprint density at radius 3 is 2.32 bits per heavy atom. The first kappa shape index (κ1) is 17.6. The van der Waals surface area contributed by atoms with E-state index in [9.17, 15) is 10.1 Å². The average molecular weight is 343 g/mol. The van der Waals surface area contributed by atoms with Gasteiger partial charge in [-0.3, -0.25) is 14.8 Å². The van der Waals surface area contributed by atoms with Crippen LogP contribution in [0.5, 0.6) is 0 Å². The summed E-state index contributed by atoms with van der Waals surface area (Å²) >= 11 is 0. The summed E-state index contributed by atoms with van der Waals surface area (Å²) in [7, 11) is -0.418. The van der Waals surface area contributed by atoms with Gasteiger partial charge in [0, 0.05) is 36.5 Å². The van der Waals surface area contributed by atoms with E-state index in [1.54, 1.807) is 18.3 Å². The van der Waals surface area contributed by atoms with Crippen molar-refractivity contribution < 1.29 is 14.2 Å². The van der Waals surface area contributed by atoms with E-state index in [1.807, 2.05) is 38.6 Å². The number of hydrogen-bond donors (Lipinski definition) is 0. The molecule has 0 spiro atoms. The minimum absolute atomic E-state index is 0.103. The highest BCUT2D eigenvalue weighted by Crippen LogP contribution is 2.36. The standard InChI is InChI=1S/C17H22BN3O4/c1-16(2)17(3,4)25-18(24-16)14-11-19-20(12-14)10-9-13-5-7-15(8-6-13)21(22)23/h5-8,11-12H,9-10H2,1-4H3. The van der Waals surface area contributed by atoms with Gasteiger partial charge in [0.05, 0.1) is 16.1 Å². The fourth-order valence-corrected chi connectivity index (χ4v) is 2.63. The molecule has 0 amide bonds. The molecule has 2 aromatic rings. The van der Waals surface area contributed by atoms with Crippen molar-refractivity contribution in [3.63, 3.8) is 0 Å². The molecule has 0 bridgehead atoms. The van der Waals surface area contributed by atoms with Crippen LogP contribution in [0.1, 0.15) is 33.3 Å². The SMILES string of the molecule is CC1(C)OB(c2cnn(CCc3ccc([N+](=O)[O-])cc3)c2)OC1(C)C. The van der Waals surface area contributed by atoms with Gasteiger partial charge in [0.1, 0.15) is 0 Å². The number of rotatable bonds is 5. The molecule has 1 fully saturated rings. The maximum absolute atomic E-state index is 10.7. The summed E-state index contributed by atoms with van der Waals surface area (Å²) in [6.45, 7) is 8.76. The molecule has 1 aliphatic heterocycles. The molecule has 1 aromatic heterocycles. The van der Waals surface area contributed by atoms with Gasteiger partial charge in [-0.15, -0.1) is 0 Å². The van der Waals surface area contributed by atoms with Crippen molar-refractivity contribution in [1.29, 1.82) is 0 Å². The van der Waals surface area contributed by atoms with Crippen molar-refractivity contribution in [2.24, 2.45) is 0 Å². The van der Waals surface area contributed by atoms with Crippen LogP contribution in [0.2, 0.25) is 0 Å². The number of nitro groups is 1. The van der Waals surface area contributed by atoms with Crippen LogP contribution in [0.15, 0.2) is 36.7 Å². The van der Waals surface area contributed by atoms with E-state index in [-0.39, 0.29) is 16.9 Å². The molecule has 8 heteroatoms. The summed E-state index contributed by atoms with van der Waals surface area (Å²) in [5, 5.41) is 15.0. The maximum atomic E-state index is 10.7. The monoisotopic (exact) mass is 343 g/mol. The Hall–Kier alpha value is -2.19. The van der Waals surface area contributed by atoms with E-state index in [1.165, 1.54) is 12.1 Å². The lowest BCUT2D eigenvalue weighted by molar-refractivity contribution is -0.384. The lowest BCUT2D eigenvalue weighted by Crippen LogP contribution is -2.41. The van der Waals surface area contributed by atoms with Crippen molar-refractivity contribution in [1.82, 2.24) is 9.78 Å². The van der Waals surface area contributed by atoms with Gasteiger partial charge in [0.2, 0.25) is 0 Å². The van der Waals surface area contributed by atoms with Crippen molar-refractivity contribution in [2.45, 2.75) is 51.9 Å². The number of benzene rings is 1. The number of hydrogen-bond acceptors (Lipinski definition) is 5. The van der Waals surface area contributed by atoms with Crippen molar-refractivity contribution >= 4 is 18.3 Å². The third-order valence-electron chi connectivity index (χ3n) is 4.96. The van der Waals surface area contributed by atoms with Crippen LogP contribution in [-0.2, 0) is 22.3 Å². The molecule has 0 N–H and O–H groups in total. The zero-order valence-corrected chi connectivity index (χ0v) is 14.9. The van der Waals surface area contributed by atoms with Crippen molar-refractivity contribution in [3.05, 3.63) is 52.3 Å².